The minimum atomic E-state index is -0.715. The van der Waals surface area contributed by atoms with Crippen LogP contribution >= 0.6 is 11.8 Å². The number of nitrogens with zero attached hydrogens (tertiary/aromatic N) is 3. The van der Waals surface area contributed by atoms with Gasteiger partial charge in [-0.3, -0.25) is 19.4 Å². The lowest BCUT2D eigenvalue weighted by Crippen LogP contribution is -2.42. The number of benzene rings is 2. The normalized spacial score (nSPS) is 16.6. The number of nitrogens with one attached hydrogen (secondary N) is 2. The lowest BCUT2D eigenvalue weighted by molar-refractivity contribution is -0.125. The van der Waals surface area contributed by atoms with Gasteiger partial charge < -0.3 is 15.1 Å². The standard InChI is InChI=1S/C29H29N5O4S/c1-3-24(27(36)31-19-9-6-8-18(2)16-19)39-29-33-22-12-5-4-11-21(22)26-32-23(28(37)34(26)29)13-14-25(35)30-17-20-10-7-15-38-20/h4-12,15-16,23-24H,3,13-14,17H2,1-2H3,(H,30,35)(H,31,36)/t23-,24-/m0/s1. The zero-order valence-electron chi connectivity index (χ0n) is 21.7. The zero-order chi connectivity index (χ0) is 27.4. The van der Waals surface area contributed by atoms with Crippen molar-refractivity contribution in [1.82, 2.24) is 10.2 Å². The Balaban J connectivity index is 1.31. The number of fused-ring (bicyclic) bond motifs is 3. The van der Waals surface area contributed by atoms with Crippen LogP contribution in [-0.2, 0) is 20.9 Å². The highest BCUT2D eigenvalue weighted by Crippen LogP contribution is 2.36. The Labute approximate surface area is 230 Å². The number of amidine groups is 2. The number of hydrogen-bond acceptors (Lipinski definition) is 7. The molecule has 0 bridgehead atoms. The molecular weight excluding hydrogens is 514 g/mol. The van der Waals surface area contributed by atoms with Crippen molar-refractivity contribution in [2.45, 2.75) is 50.9 Å². The van der Waals surface area contributed by atoms with Crippen LogP contribution < -0.4 is 10.6 Å². The van der Waals surface area contributed by atoms with Crippen molar-refractivity contribution in [1.29, 1.82) is 0 Å². The number of hydrogen-bond donors (Lipinski definition) is 2. The molecule has 2 aliphatic rings. The molecule has 3 amide bonds. The summed E-state index contributed by atoms with van der Waals surface area (Å²) in [7, 11) is 0. The van der Waals surface area contributed by atoms with E-state index in [1.54, 1.807) is 18.4 Å². The van der Waals surface area contributed by atoms with E-state index in [4.69, 9.17) is 14.4 Å². The van der Waals surface area contributed by atoms with E-state index in [1.165, 1.54) is 16.7 Å². The molecule has 10 heteroatoms. The van der Waals surface area contributed by atoms with Crippen molar-refractivity contribution in [2.75, 3.05) is 5.32 Å². The van der Waals surface area contributed by atoms with E-state index in [2.05, 4.69) is 10.6 Å². The third-order valence-corrected chi connectivity index (χ3v) is 7.75. The second-order valence-corrected chi connectivity index (χ2v) is 10.5. The highest BCUT2D eigenvalue weighted by molar-refractivity contribution is 8.15. The van der Waals surface area contributed by atoms with Gasteiger partial charge in [-0.25, -0.2) is 9.89 Å². The third kappa shape index (κ3) is 5.96. The summed E-state index contributed by atoms with van der Waals surface area (Å²) in [5.41, 5.74) is 3.21. The highest BCUT2D eigenvalue weighted by Gasteiger charge is 2.42. The Morgan fingerprint density at radius 3 is 2.74 bits per heavy atom. The Hall–Kier alpha value is -4.18. The molecule has 2 aromatic carbocycles. The molecule has 2 atom stereocenters. The molecule has 0 saturated carbocycles. The van der Waals surface area contributed by atoms with Crippen molar-refractivity contribution in [3.63, 3.8) is 0 Å². The Kier molecular flexibility index (Phi) is 7.92. The van der Waals surface area contributed by atoms with Gasteiger partial charge in [0.15, 0.2) is 5.17 Å². The van der Waals surface area contributed by atoms with Crippen LogP contribution in [0.1, 0.15) is 43.1 Å². The van der Waals surface area contributed by atoms with Crippen molar-refractivity contribution in [2.24, 2.45) is 9.98 Å². The molecule has 0 aliphatic carbocycles. The SMILES string of the molecule is CC[C@H](SC1=Nc2ccccc2C2=N[C@@H](CCC(=O)NCc3ccco3)C(=O)N12)C(=O)Nc1cccc(C)c1. The maximum Gasteiger partial charge on any atom is 0.259 e. The van der Waals surface area contributed by atoms with E-state index in [9.17, 15) is 14.4 Å². The van der Waals surface area contributed by atoms with Gasteiger partial charge in [-0.2, -0.15) is 0 Å². The zero-order valence-corrected chi connectivity index (χ0v) is 22.5. The fourth-order valence-electron chi connectivity index (χ4n) is 4.42. The van der Waals surface area contributed by atoms with Crippen LogP contribution in [0.15, 0.2) is 81.3 Å². The molecule has 1 aromatic heterocycles. The maximum atomic E-state index is 13.6. The van der Waals surface area contributed by atoms with E-state index in [0.717, 1.165) is 16.8 Å². The summed E-state index contributed by atoms with van der Waals surface area (Å²) >= 11 is 1.25. The lowest BCUT2D eigenvalue weighted by Gasteiger charge is -2.27. The van der Waals surface area contributed by atoms with Crippen molar-refractivity contribution >= 4 is 51.9 Å². The first kappa shape index (κ1) is 26.4. The number of aliphatic imine (C=N–C) groups is 2. The fraction of sp³-hybridized carbons (Fsp3) is 0.276. The number of carbonyl (C=O) groups is 3. The average molecular weight is 544 g/mol. The first-order chi connectivity index (χ1) is 18.9. The Bertz CT molecular complexity index is 1450. The monoisotopic (exact) mass is 543 g/mol. The average Bonchev–Trinajstić information content (AvgIpc) is 3.57. The number of aryl methyl sites for hydroxylation is 1. The van der Waals surface area contributed by atoms with E-state index in [0.29, 0.717) is 28.9 Å². The van der Waals surface area contributed by atoms with Crippen molar-refractivity contribution in [3.8, 4) is 0 Å². The largest absolute Gasteiger partial charge is 0.467 e. The molecule has 0 unspecified atom stereocenters. The van der Waals surface area contributed by atoms with Gasteiger partial charge in [-0.15, -0.1) is 0 Å². The number of para-hydroxylation sites is 1. The maximum absolute atomic E-state index is 13.6. The second-order valence-electron chi connectivity index (χ2n) is 9.32. The van der Waals surface area contributed by atoms with Gasteiger partial charge in [0.05, 0.1) is 23.7 Å². The molecule has 200 valence electrons. The molecule has 9 nitrogen and oxygen atoms in total. The van der Waals surface area contributed by atoms with Crippen LogP contribution in [-0.4, -0.2) is 44.9 Å². The number of amides is 3. The van der Waals surface area contributed by atoms with Crippen LogP contribution in [0.5, 0.6) is 0 Å². The summed E-state index contributed by atoms with van der Waals surface area (Å²) in [6.45, 7) is 4.18. The third-order valence-electron chi connectivity index (χ3n) is 6.43. The molecule has 0 spiro atoms. The first-order valence-corrected chi connectivity index (χ1v) is 13.7. The number of thioether (sulfide) groups is 1. The minimum Gasteiger partial charge on any atom is -0.467 e. The van der Waals surface area contributed by atoms with Gasteiger partial charge in [0.2, 0.25) is 11.8 Å². The fourth-order valence-corrected chi connectivity index (χ4v) is 5.44. The summed E-state index contributed by atoms with van der Waals surface area (Å²) in [6, 6.07) is 17.9. The number of rotatable bonds is 9. The van der Waals surface area contributed by atoms with Gasteiger partial charge in [-0.05, 0) is 61.7 Å². The predicted molar refractivity (Wildman–Crippen MR) is 152 cm³/mol. The number of anilines is 1. The number of carbonyl (C=O) groups excluding carboxylic acids is 3. The molecule has 0 saturated heterocycles. The predicted octanol–water partition coefficient (Wildman–Crippen LogP) is 4.79. The molecule has 3 aromatic rings. The molecule has 0 radical (unpaired) electrons. The molecule has 2 N–H and O–H groups in total. The van der Waals surface area contributed by atoms with Gasteiger partial charge in [0.1, 0.15) is 17.6 Å². The van der Waals surface area contributed by atoms with E-state index in [1.807, 2.05) is 62.4 Å². The smallest absolute Gasteiger partial charge is 0.259 e. The van der Waals surface area contributed by atoms with Gasteiger partial charge in [0, 0.05) is 17.7 Å². The van der Waals surface area contributed by atoms with Crippen LogP contribution in [0, 0.1) is 6.92 Å². The highest BCUT2D eigenvalue weighted by atomic mass is 32.2. The van der Waals surface area contributed by atoms with Crippen molar-refractivity contribution in [3.05, 3.63) is 83.8 Å². The van der Waals surface area contributed by atoms with Crippen LogP contribution in [0.4, 0.5) is 11.4 Å². The lowest BCUT2D eigenvalue weighted by atomic mass is 10.1. The van der Waals surface area contributed by atoms with E-state index in [-0.39, 0.29) is 37.1 Å². The van der Waals surface area contributed by atoms with Gasteiger partial charge in [-0.1, -0.05) is 43.0 Å². The summed E-state index contributed by atoms with van der Waals surface area (Å²) in [5.74, 6) is 0.557. The van der Waals surface area contributed by atoms with E-state index < -0.39 is 11.3 Å². The Morgan fingerprint density at radius 2 is 1.97 bits per heavy atom. The summed E-state index contributed by atoms with van der Waals surface area (Å²) in [6.07, 6.45) is 2.49. The quantitative estimate of drug-likeness (QED) is 0.402. The van der Waals surface area contributed by atoms with E-state index >= 15 is 0 Å². The molecule has 39 heavy (non-hydrogen) atoms. The molecule has 5 rings (SSSR count). The van der Waals surface area contributed by atoms with Gasteiger partial charge >= 0.3 is 0 Å². The van der Waals surface area contributed by atoms with Crippen LogP contribution in [0.3, 0.4) is 0 Å². The topological polar surface area (TPSA) is 116 Å². The van der Waals surface area contributed by atoms with Crippen molar-refractivity contribution < 1.29 is 18.8 Å². The van der Waals surface area contributed by atoms with Crippen LogP contribution in [0.25, 0.3) is 0 Å². The molecular formula is C29H29N5O4S. The summed E-state index contributed by atoms with van der Waals surface area (Å²) < 4.78 is 5.24. The molecule has 3 heterocycles. The summed E-state index contributed by atoms with van der Waals surface area (Å²) in [5, 5.41) is 5.71. The first-order valence-electron chi connectivity index (χ1n) is 12.9. The van der Waals surface area contributed by atoms with Crippen LogP contribution in [0.2, 0.25) is 0 Å². The second kappa shape index (κ2) is 11.7. The number of furan rings is 1. The summed E-state index contributed by atoms with van der Waals surface area (Å²) in [4.78, 5) is 50.1. The molecule has 0 fully saturated rings. The molecule has 2 aliphatic heterocycles. The Morgan fingerprint density at radius 1 is 1.13 bits per heavy atom. The van der Waals surface area contributed by atoms with Gasteiger partial charge in [0.25, 0.3) is 5.91 Å². The minimum absolute atomic E-state index is 0.138.